The smallest absolute Gasteiger partial charge is 0.252 e. The normalized spacial score (nSPS) is 12.6. The van der Waals surface area contributed by atoms with Crippen LogP contribution in [0.2, 0.25) is 0 Å². The zero-order valence-corrected chi connectivity index (χ0v) is 23.8. The number of ether oxygens (including phenoxy) is 3. The molecule has 0 aliphatic heterocycles. The van der Waals surface area contributed by atoms with Gasteiger partial charge in [0.05, 0.1) is 38.4 Å². The van der Waals surface area contributed by atoms with Crippen LogP contribution < -0.4 is 19.8 Å². The number of nitrogens with zero attached hydrogens (tertiary/aromatic N) is 5. The number of methoxy groups -OCH3 is 3. The number of aromatic amines is 1. The molecule has 0 aliphatic carbocycles. The molecular weight excluding hydrogens is 496 g/mol. The van der Waals surface area contributed by atoms with E-state index in [1.807, 2.05) is 41.1 Å². The van der Waals surface area contributed by atoms with E-state index in [1.165, 1.54) is 0 Å². The third-order valence-electron chi connectivity index (χ3n) is 6.79. The number of rotatable bonds is 11. The number of aromatic nitrogens is 5. The maximum Gasteiger partial charge on any atom is 0.252 e. The molecule has 4 rings (SSSR count). The van der Waals surface area contributed by atoms with Crippen molar-refractivity contribution in [3.05, 3.63) is 69.8 Å². The molecule has 1 unspecified atom stereocenters. The summed E-state index contributed by atoms with van der Waals surface area (Å²) in [6, 6.07) is 13.4. The van der Waals surface area contributed by atoms with Crippen molar-refractivity contribution in [3.8, 4) is 17.2 Å². The molecule has 10 nitrogen and oxygen atoms in total. The van der Waals surface area contributed by atoms with E-state index < -0.39 is 0 Å². The molecule has 1 N–H and O–H groups in total. The Bertz CT molecular complexity index is 1470. The first-order chi connectivity index (χ1) is 18.7. The molecule has 39 heavy (non-hydrogen) atoms. The Kier molecular flexibility index (Phi) is 8.54. The lowest BCUT2D eigenvalue weighted by Gasteiger charge is -2.33. The Hall–Kier alpha value is -3.92. The van der Waals surface area contributed by atoms with E-state index >= 15 is 0 Å². The molecule has 10 heteroatoms. The van der Waals surface area contributed by atoms with Crippen LogP contribution in [0.1, 0.15) is 63.5 Å². The van der Waals surface area contributed by atoms with Crippen molar-refractivity contribution in [2.45, 2.75) is 65.2 Å². The summed E-state index contributed by atoms with van der Waals surface area (Å²) >= 11 is 0. The molecule has 0 spiro atoms. The van der Waals surface area contributed by atoms with E-state index in [0.29, 0.717) is 35.7 Å². The summed E-state index contributed by atoms with van der Waals surface area (Å²) in [6.07, 6.45) is 1.72. The lowest BCUT2D eigenvalue weighted by atomic mass is 10.0. The van der Waals surface area contributed by atoms with E-state index in [1.54, 1.807) is 27.4 Å². The van der Waals surface area contributed by atoms with Crippen molar-refractivity contribution >= 4 is 10.9 Å². The Morgan fingerprint density at radius 3 is 2.28 bits per heavy atom. The summed E-state index contributed by atoms with van der Waals surface area (Å²) in [5, 5.41) is 13.7. The van der Waals surface area contributed by atoms with E-state index in [0.717, 1.165) is 35.4 Å². The van der Waals surface area contributed by atoms with Gasteiger partial charge in [0.1, 0.15) is 5.75 Å². The number of para-hydroxylation sites is 1. The van der Waals surface area contributed by atoms with Gasteiger partial charge in [0.25, 0.3) is 5.56 Å². The van der Waals surface area contributed by atoms with Crippen LogP contribution in [0.25, 0.3) is 10.9 Å². The molecule has 2 aromatic heterocycles. The second kappa shape index (κ2) is 11.9. The maximum absolute atomic E-state index is 13.4. The fraction of sp³-hybridized carbons (Fsp3) is 0.448. The quantitative estimate of drug-likeness (QED) is 0.291. The lowest BCUT2D eigenvalue weighted by Crippen LogP contribution is -2.35. The Labute approximate surface area is 228 Å². The summed E-state index contributed by atoms with van der Waals surface area (Å²) in [4.78, 5) is 18.7. The van der Waals surface area contributed by atoms with Crippen molar-refractivity contribution < 1.29 is 14.2 Å². The minimum Gasteiger partial charge on any atom is -0.496 e. The molecule has 2 aromatic carbocycles. The van der Waals surface area contributed by atoms with Crippen LogP contribution in [0.15, 0.2) is 47.3 Å². The number of H-pyrrole nitrogens is 1. The van der Waals surface area contributed by atoms with Gasteiger partial charge in [0.2, 0.25) is 0 Å². The Morgan fingerprint density at radius 1 is 0.949 bits per heavy atom. The van der Waals surface area contributed by atoms with Crippen LogP contribution in [-0.4, -0.2) is 51.4 Å². The molecule has 0 bridgehead atoms. The highest BCUT2D eigenvalue weighted by atomic mass is 16.5. The van der Waals surface area contributed by atoms with Crippen molar-refractivity contribution in [3.63, 3.8) is 0 Å². The topological polar surface area (TPSA) is 107 Å². The van der Waals surface area contributed by atoms with Crippen LogP contribution in [-0.2, 0) is 18.6 Å². The van der Waals surface area contributed by atoms with Crippen LogP contribution in [0.4, 0.5) is 0 Å². The molecule has 0 radical (unpaired) electrons. The maximum atomic E-state index is 13.4. The number of nitrogens with one attached hydrogen (secondary N) is 1. The van der Waals surface area contributed by atoms with Gasteiger partial charge < -0.3 is 19.2 Å². The number of hydrogen-bond donors (Lipinski definition) is 1. The largest absolute Gasteiger partial charge is 0.496 e. The zero-order chi connectivity index (χ0) is 28.2. The molecule has 208 valence electrons. The second-order valence-corrected chi connectivity index (χ2v) is 10.6. The Balaban J connectivity index is 1.83. The van der Waals surface area contributed by atoms with Gasteiger partial charge in [-0.3, -0.25) is 9.69 Å². The monoisotopic (exact) mass is 534 g/mol. The van der Waals surface area contributed by atoms with Crippen LogP contribution in [0.5, 0.6) is 17.2 Å². The third kappa shape index (κ3) is 6.06. The van der Waals surface area contributed by atoms with Gasteiger partial charge in [0.15, 0.2) is 17.3 Å². The van der Waals surface area contributed by atoms with Crippen LogP contribution in [0.3, 0.4) is 0 Å². The minimum atomic E-state index is -0.309. The fourth-order valence-corrected chi connectivity index (χ4v) is 4.87. The first kappa shape index (κ1) is 28.1. The summed E-state index contributed by atoms with van der Waals surface area (Å²) in [5.41, 5.74) is 1.85. The third-order valence-corrected chi connectivity index (χ3v) is 6.79. The van der Waals surface area contributed by atoms with Crippen molar-refractivity contribution in [2.24, 2.45) is 0 Å². The second-order valence-electron chi connectivity index (χ2n) is 10.6. The number of tetrazole rings is 1. The first-order valence-electron chi connectivity index (χ1n) is 13.1. The molecule has 0 saturated heterocycles. The first-order valence-corrected chi connectivity index (χ1v) is 13.1. The summed E-state index contributed by atoms with van der Waals surface area (Å²) < 4.78 is 18.5. The van der Waals surface area contributed by atoms with E-state index in [4.69, 9.17) is 14.2 Å². The van der Waals surface area contributed by atoms with E-state index in [-0.39, 0.29) is 17.1 Å². The van der Waals surface area contributed by atoms with Crippen molar-refractivity contribution in [1.82, 2.24) is 30.1 Å². The van der Waals surface area contributed by atoms with Crippen LogP contribution in [0, 0.1) is 0 Å². The van der Waals surface area contributed by atoms with Gasteiger partial charge in [-0.05, 0) is 55.8 Å². The molecule has 0 fully saturated rings. The lowest BCUT2D eigenvalue weighted by molar-refractivity contribution is 0.147. The summed E-state index contributed by atoms with van der Waals surface area (Å²) in [7, 11) is 4.84. The standard InChI is InChI=1S/C29H38N6O4/c1-8-11-23(27-31-32-33-35(27)29(2,3)4)34(17-19-12-9-10-13-24(19)37-5)18-21-14-20-15-25(38-6)26(39-7)16-22(20)30-28(21)36/h9-10,12-16,23H,8,11,17-18H2,1-7H3,(H,30,36). The fourth-order valence-electron chi connectivity index (χ4n) is 4.87. The van der Waals surface area contributed by atoms with Crippen molar-refractivity contribution in [1.29, 1.82) is 0 Å². The van der Waals surface area contributed by atoms with Gasteiger partial charge in [-0.2, -0.15) is 0 Å². The summed E-state index contributed by atoms with van der Waals surface area (Å²) in [5.74, 6) is 2.71. The van der Waals surface area contributed by atoms with E-state index in [9.17, 15) is 4.79 Å². The van der Waals surface area contributed by atoms with Gasteiger partial charge >= 0.3 is 0 Å². The predicted octanol–water partition coefficient (Wildman–Crippen LogP) is 4.84. The van der Waals surface area contributed by atoms with Gasteiger partial charge in [0, 0.05) is 35.7 Å². The van der Waals surface area contributed by atoms with Gasteiger partial charge in [-0.25, -0.2) is 4.68 Å². The predicted molar refractivity (Wildman–Crippen MR) is 150 cm³/mol. The highest BCUT2D eigenvalue weighted by molar-refractivity contribution is 5.83. The van der Waals surface area contributed by atoms with E-state index in [2.05, 4.69) is 53.1 Å². The minimum absolute atomic E-state index is 0.144. The highest BCUT2D eigenvalue weighted by Gasteiger charge is 2.31. The van der Waals surface area contributed by atoms with Crippen molar-refractivity contribution in [2.75, 3.05) is 21.3 Å². The summed E-state index contributed by atoms with van der Waals surface area (Å²) in [6.45, 7) is 9.29. The average Bonchev–Trinajstić information content (AvgIpc) is 3.42. The molecule has 0 amide bonds. The molecule has 4 aromatic rings. The molecule has 2 heterocycles. The van der Waals surface area contributed by atoms with Gasteiger partial charge in [-0.15, -0.1) is 5.10 Å². The molecule has 0 aliphatic rings. The zero-order valence-electron chi connectivity index (χ0n) is 23.8. The Morgan fingerprint density at radius 2 is 1.62 bits per heavy atom. The van der Waals surface area contributed by atoms with Crippen LogP contribution >= 0.6 is 0 Å². The molecule has 0 saturated carbocycles. The highest BCUT2D eigenvalue weighted by Crippen LogP contribution is 2.33. The average molecular weight is 535 g/mol. The number of hydrogen-bond acceptors (Lipinski definition) is 8. The number of fused-ring (bicyclic) bond motifs is 1. The number of benzene rings is 2. The molecule has 1 atom stereocenters. The number of pyridine rings is 1. The SMILES string of the molecule is CCCC(c1nnnn1C(C)(C)C)N(Cc1ccccc1OC)Cc1cc2cc(OC)c(OC)cc2[nH]c1=O. The van der Waals surface area contributed by atoms with Gasteiger partial charge in [-0.1, -0.05) is 31.5 Å². The molecular formula is C29H38N6O4.